The minimum Gasteiger partial charge on any atom is -0.451 e. The van der Waals surface area contributed by atoms with Crippen LogP contribution >= 0.6 is 0 Å². The van der Waals surface area contributed by atoms with Gasteiger partial charge < -0.3 is 4.74 Å². The SMILES string of the molecule is Cc1ccccc1Oc1c(F)cc(C#N)cc1F. The van der Waals surface area contributed by atoms with Crippen molar-refractivity contribution in [2.24, 2.45) is 0 Å². The van der Waals surface area contributed by atoms with Gasteiger partial charge in [0.2, 0.25) is 0 Å². The highest BCUT2D eigenvalue weighted by Gasteiger charge is 2.14. The van der Waals surface area contributed by atoms with E-state index in [2.05, 4.69) is 0 Å². The van der Waals surface area contributed by atoms with Gasteiger partial charge in [0.25, 0.3) is 0 Å². The molecule has 0 saturated heterocycles. The molecule has 18 heavy (non-hydrogen) atoms. The summed E-state index contributed by atoms with van der Waals surface area (Å²) in [5, 5.41) is 8.59. The van der Waals surface area contributed by atoms with Crippen molar-refractivity contribution >= 4 is 0 Å². The molecule has 0 radical (unpaired) electrons. The van der Waals surface area contributed by atoms with Crippen molar-refractivity contribution in [3.05, 3.63) is 59.2 Å². The first-order valence-corrected chi connectivity index (χ1v) is 5.24. The van der Waals surface area contributed by atoms with Crippen LogP contribution < -0.4 is 4.74 Å². The fraction of sp³-hybridized carbons (Fsp3) is 0.0714. The van der Waals surface area contributed by atoms with Gasteiger partial charge in [-0.1, -0.05) is 18.2 Å². The Balaban J connectivity index is 2.42. The van der Waals surface area contributed by atoms with Gasteiger partial charge in [-0.25, -0.2) is 8.78 Å². The van der Waals surface area contributed by atoms with E-state index in [1.807, 2.05) is 0 Å². The van der Waals surface area contributed by atoms with Crippen LogP contribution in [0.5, 0.6) is 11.5 Å². The quantitative estimate of drug-likeness (QED) is 0.802. The Labute approximate surface area is 103 Å². The minimum atomic E-state index is -0.894. The van der Waals surface area contributed by atoms with Gasteiger partial charge in [0.15, 0.2) is 17.4 Å². The average Bonchev–Trinajstić information content (AvgIpc) is 2.35. The molecule has 0 atom stereocenters. The zero-order valence-electron chi connectivity index (χ0n) is 9.58. The summed E-state index contributed by atoms with van der Waals surface area (Å²) in [6, 6.07) is 10.5. The molecule has 0 bridgehead atoms. The molecule has 0 aliphatic rings. The van der Waals surface area contributed by atoms with Crippen LogP contribution in [0.4, 0.5) is 8.78 Å². The van der Waals surface area contributed by atoms with Gasteiger partial charge in [0, 0.05) is 0 Å². The molecule has 4 heteroatoms. The summed E-state index contributed by atoms with van der Waals surface area (Å²) in [4.78, 5) is 0. The Morgan fingerprint density at radius 2 is 1.72 bits per heavy atom. The lowest BCUT2D eigenvalue weighted by Crippen LogP contribution is -1.95. The molecule has 0 fully saturated rings. The number of nitriles is 1. The van der Waals surface area contributed by atoms with E-state index in [1.165, 1.54) is 0 Å². The van der Waals surface area contributed by atoms with Crippen LogP contribution in [-0.4, -0.2) is 0 Å². The van der Waals surface area contributed by atoms with Crippen LogP contribution in [0.25, 0.3) is 0 Å². The van der Waals surface area contributed by atoms with E-state index in [1.54, 1.807) is 37.3 Å². The predicted octanol–water partition coefficient (Wildman–Crippen LogP) is 3.94. The molecule has 0 heterocycles. The fourth-order valence-electron chi connectivity index (χ4n) is 1.50. The minimum absolute atomic E-state index is 0.0814. The lowest BCUT2D eigenvalue weighted by atomic mass is 10.2. The van der Waals surface area contributed by atoms with Crippen LogP contribution in [0.15, 0.2) is 36.4 Å². The Kier molecular flexibility index (Phi) is 3.24. The lowest BCUT2D eigenvalue weighted by molar-refractivity contribution is 0.405. The molecule has 2 rings (SSSR count). The summed E-state index contributed by atoms with van der Waals surface area (Å²) in [6.45, 7) is 1.77. The summed E-state index contributed by atoms with van der Waals surface area (Å²) in [5.74, 6) is -1.91. The van der Waals surface area contributed by atoms with Crippen molar-refractivity contribution < 1.29 is 13.5 Å². The first-order valence-electron chi connectivity index (χ1n) is 5.24. The number of hydrogen-bond donors (Lipinski definition) is 0. The molecule has 0 amide bonds. The van der Waals surface area contributed by atoms with Crippen LogP contribution in [-0.2, 0) is 0 Å². The maximum atomic E-state index is 13.6. The second-order valence-electron chi connectivity index (χ2n) is 3.75. The molecule has 0 aromatic heterocycles. The molecular weight excluding hydrogens is 236 g/mol. The zero-order chi connectivity index (χ0) is 13.1. The normalized spacial score (nSPS) is 9.89. The van der Waals surface area contributed by atoms with Crippen LogP contribution in [0, 0.1) is 29.9 Å². The third kappa shape index (κ3) is 2.30. The summed E-state index contributed by atoms with van der Waals surface area (Å²) >= 11 is 0. The smallest absolute Gasteiger partial charge is 0.198 e. The van der Waals surface area contributed by atoms with E-state index in [0.29, 0.717) is 5.75 Å². The topological polar surface area (TPSA) is 33.0 Å². The highest BCUT2D eigenvalue weighted by atomic mass is 19.1. The molecule has 0 aliphatic carbocycles. The standard InChI is InChI=1S/C14H9F2NO/c1-9-4-2-3-5-13(9)18-14-11(15)6-10(8-17)7-12(14)16/h2-7H,1H3. The Bertz CT molecular complexity index is 609. The second kappa shape index (κ2) is 4.84. The number of ether oxygens (including phenoxy) is 1. The molecule has 0 aliphatic heterocycles. The molecule has 2 nitrogen and oxygen atoms in total. The van der Waals surface area contributed by atoms with Crippen molar-refractivity contribution in [2.75, 3.05) is 0 Å². The molecule has 0 spiro atoms. The third-order valence-corrected chi connectivity index (χ3v) is 2.43. The van der Waals surface area contributed by atoms with E-state index in [4.69, 9.17) is 10.00 Å². The van der Waals surface area contributed by atoms with Gasteiger partial charge in [0.05, 0.1) is 11.6 Å². The van der Waals surface area contributed by atoms with Gasteiger partial charge in [-0.05, 0) is 30.7 Å². The highest BCUT2D eigenvalue weighted by Crippen LogP contribution is 2.30. The van der Waals surface area contributed by atoms with Gasteiger partial charge >= 0.3 is 0 Å². The molecule has 0 N–H and O–H groups in total. The largest absolute Gasteiger partial charge is 0.451 e. The molecule has 2 aromatic rings. The first kappa shape index (κ1) is 12.1. The average molecular weight is 245 g/mol. The number of rotatable bonds is 2. The maximum Gasteiger partial charge on any atom is 0.198 e. The van der Waals surface area contributed by atoms with Crippen LogP contribution in [0.2, 0.25) is 0 Å². The Hall–Kier alpha value is -2.41. The van der Waals surface area contributed by atoms with Crippen molar-refractivity contribution in [3.8, 4) is 17.6 Å². The number of aryl methyl sites for hydroxylation is 1. The predicted molar refractivity (Wildman–Crippen MR) is 62.3 cm³/mol. The van der Waals surface area contributed by atoms with Crippen molar-refractivity contribution in [1.82, 2.24) is 0 Å². The molecular formula is C14H9F2NO. The number of hydrogen-bond acceptors (Lipinski definition) is 2. The number of halogens is 2. The fourth-order valence-corrected chi connectivity index (χ4v) is 1.50. The van der Waals surface area contributed by atoms with Gasteiger partial charge in [-0.3, -0.25) is 0 Å². The number of nitrogens with zero attached hydrogens (tertiary/aromatic N) is 1. The summed E-state index contributed by atoms with van der Waals surface area (Å²) in [7, 11) is 0. The van der Waals surface area contributed by atoms with Gasteiger partial charge in [-0.2, -0.15) is 5.26 Å². The first-order chi connectivity index (χ1) is 8.61. The molecule has 0 unspecified atom stereocenters. The van der Waals surface area contributed by atoms with E-state index >= 15 is 0 Å². The Morgan fingerprint density at radius 1 is 1.11 bits per heavy atom. The second-order valence-corrected chi connectivity index (χ2v) is 3.75. The Morgan fingerprint density at radius 3 is 2.28 bits per heavy atom. The third-order valence-electron chi connectivity index (χ3n) is 2.43. The van der Waals surface area contributed by atoms with Crippen molar-refractivity contribution in [2.45, 2.75) is 6.92 Å². The number of para-hydroxylation sites is 1. The highest BCUT2D eigenvalue weighted by molar-refractivity contribution is 5.41. The van der Waals surface area contributed by atoms with Crippen molar-refractivity contribution in [1.29, 1.82) is 5.26 Å². The van der Waals surface area contributed by atoms with Crippen LogP contribution in [0.3, 0.4) is 0 Å². The summed E-state index contributed by atoms with van der Waals surface area (Å²) < 4.78 is 32.4. The van der Waals surface area contributed by atoms with E-state index in [-0.39, 0.29) is 5.56 Å². The monoisotopic (exact) mass is 245 g/mol. The van der Waals surface area contributed by atoms with E-state index < -0.39 is 17.4 Å². The van der Waals surface area contributed by atoms with Gasteiger partial charge in [0.1, 0.15) is 5.75 Å². The summed E-state index contributed by atoms with van der Waals surface area (Å²) in [5.41, 5.74) is 0.683. The van der Waals surface area contributed by atoms with E-state index in [0.717, 1.165) is 17.7 Å². The summed E-state index contributed by atoms with van der Waals surface area (Å²) in [6.07, 6.45) is 0. The van der Waals surface area contributed by atoms with Gasteiger partial charge in [-0.15, -0.1) is 0 Å². The lowest BCUT2D eigenvalue weighted by Gasteiger charge is -2.10. The molecule has 2 aromatic carbocycles. The van der Waals surface area contributed by atoms with E-state index in [9.17, 15) is 8.78 Å². The van der Waals surface area contributed by atoms with Crippen LogP contribution in [0.1, 0.15) is 11.1 Å². The number of benzene rings is 2. The zero-order valence-corrected chi connectivity index (χ0v) is 9.58. The maximum absolute atomic E-state index is 13.6. The molecule has 0 saturated carbocycles. The molecule has 90 valence electrons. The van der Waals surface area contributed by atoms with Crippen molar-refractivity contribution in [3.63, 3.8) is 0 Å².